The van der Waals surface area contributed by atoms with Crippen molar-refractivity contribution in [2.45, 2.75) is 54.4 Å². The van der Waals surface area contributed by atoms with E-state index in [1.165, 1.54) is 12.8 Å². The van der Waals surface area contributed by atoms with Gasteiger partial charge in [-0.05, 0) is 26.7 Å². The maximum atomic E-state index is 2.18. The van der Waals surface area contributed by atoms with Crippen LogP contribution in [0.5, 0.6) is 0 Å². The number of hydrogen-bond acceptors (Lipinski definition) is 0. The van der Waals surface area contributed by atoms with Crippen molar-refractivity contribution in [1.82, 2.24) is 0 Å². The zero-order valence-electron chi connectivity index (χ0n) is 9.72. The fourth-order valence-electron chi connectivity index (χ4n) is 0.526. The SMILES string of the molecule is C/C=C\CC/C=C\C.CC.CC. The van der Waals surface area contributed by atoms with Crippen molar-refractivity contribution < 1.29 is 0 Å². The van der Waals surface area contributed by atoms with Crippen LogP contribution in [-0.4, -0.2) is 0 Å². The van der Waals surface area contributed by atoms with Gasteiger partial charge in [-0.15, -0.1) is 0 Å². The normalized spacial score (nSPS) is 8.83. The molecule has 0 aliphatic rings. The molecule has 0 amide bonds. The van der Waals surface area contributed by atoms with Gasteiger partial charge in [0, 0.05) is 0 Å². The highest BCUT2D eigenvalue weighted by molar-refractivity contribution is 4.83. The van der Waals surface area contributed by atoms with Crippen LogP contribution >= 0.6 is 0 Å². The first-order chi connectivity index (χ1) is 5.91. The van der Waals surface area contributed by atoms with E-state index in [0.717, 1.165) is 0 Å². The highest BCUT2D eigenvalue weighted by Gasteiger charge is 1.70. The van der Waals surface area contributed by atoms with Gasteiger partial charge in [0.2, 0.25) is 0 Å². The first kappa shape index (κ1) is 17.5. The predicted octanol–water partition coefficient (Wildman–Crippen LogP) is 4.97. The van der Waals surface area contributed by atoms with Crippen LogP contribution in [0.3, 0.4) is 0 Å². The summed E-state index contributed by atoms with van der Waals surface area (Å²) in [4.78, 5) is 0. The third-order valence-corrected chi connectivity index (χ3v) is 0.971. The third kappa shape index (κ3) is 34.0. The van der Waals surface area contributed by atoms with Crippen molar-refractivity contribution in [2.24, 2.45) is 0 Å². The monoisotopic (exact) mass is 170 g/mol. The highest BCUT2D eigenvalue weighted by atomic mass is 13.8. The number of hydrogen-bond donors (Lipinski definition) is 0. The molecule has 0 N–H and O–H groups in total. The Hall–Kier alpha value is -0.520. The van der Waals surface area contributed by atoms with Gasteiger partial charge in [-0.25, -0.2) is 0 Å². The van der Waals surface area contributed by atoms with E-state index in [1.54, 1.807) is 0 Å². The molecule has 0 unspecified atom stereocenters. The quantitative estimate of drug-likeness (QED) is 0.414. The molecule has 0 fully saturated rings. The second kappa shape index (κ2) is 31.4. The van der Waals surface area contributed by atoms with Crippen LogP contribution in [0.25, 0.3) is 0 Å². The van der Waals surface area contributed by atoms with Gasteiger partial charge in [-0.3, -0.25) is 0 Å². The second-order valence-electron chi connectivity index (χ2n) is 1.72. The summed E-state index contributed by atoms with van der Waals surface area (Å²) in [6.07, 6.45) is 10.9. The molecule has 0 atom stereocenters. The largest absolute Gasteiger partial charge is 0.0917 e. The molecule has 12 heavy (non-hydrogen) atoms. The van der Waals surface area contributed by atoms with E-state index in [0.29, 0.717) is 0 Å². The van der Waals surface area contributed by atoms with Gasteiger partial charge in [-0.1, -0.05) is 52.0 Å². The van der Waals surface area contributed by atoms with E-state index in [-0.39, 0.29) is 0 Å². The van der Waals surface area contributed by atoms with Crippen molar-refractivity contribution in [3.8, 4) is 0 Å². The topological polar surface area (TPSA) is 0 Å². The molecule has 0 rings (SSSR count). The molecule has 0 aliphatic carbocycles. The van der Waals surface area contributed by atoms with Crippen molar-refractivity contribution in [3.63, 3.8) is 0 Å². The Balaban J connectivity index is -0.000000175. The fraction of sp³-hybridized carbons (Fsp3) is 0.667. The van der Waals surface area contributed by atoms with Gasteiger partial charge in [0.1, 0.15) is 0 Å². The molecule has 0 aromatic rings. The summed E-state index contributed by atoms with van der Waals surface area (Å²) in [7, 11) is 0. The lowest BCUT2D eigenvalue weighted by atomic mass is 10.3. The average Bonchev–Trinajstić information content (AvgIpc) is 2.19. The molecule has 0 saturated heterocycles. The van der Waals surface area contributed by atoms with E-state index in [4.69, 9.17) is 0 Å². The zero-order valence-corrected chi connectivity index (χ0v) is 9.72. The lowest BCUT2D eigenvalue weighted by Gasteiger charge is -1.81. The van der Waals surface area contributed by atoms with Gasteiger partial charge < -0.3 is 0 Å². The number of unbranched alkanes of at least 4 members (excludes halogenated alkanes) is 1. The van der Waals surface area contributed by atoms with Crippen molar-refractivity contribution >= 4 is 0 Å². The Kier molecular flexibility index (Phi) is 45.8. The Morgan fingerprint density at radius 3 is 1.08 bits per heavy atom. The first-order valence-electron chi connectivity index (χ1n) is 5.14. The Morgan fingerprint density at radius 2 is 0.917 bits per heavy atom. The molecule has 0 heteroatoms. The van der Waals surface area contributed by atoms with Gasteiger partial charge in [0.05, 0.1) is 0 Å². The molecule has 0 saturated carbocycles. The summed E-state index contributed by atoms with van der Waals surface area (Å²) in [5, 5.41) is 0. The smallest absolute Gasteiger partial charge is 0.0316 e. The lowest BCUT2D eigenvalue weighted by Crippen LogP contribution is -1.60. The standard InChI is InChI=1S/C8H14.2C2H6/c1-3-5-7-8-6-4-2;2*1-2/h3-6H,7-8H2,1-2H3;2*1-2H3/b5-3-,6-4-;;. The molecule has 0 spiro atoms. The van der Waals surface area contributed by atoms with Crippen LogP contribution in [0.4, 0.5) is 0 Å². The van der Waals surface area contributed by atoms with E-state index < -0.39 is 0 Å². The summed E-state index contributed by atoms with van der Waals surface area (Å²) in [6.45, 7) is 12.1. The lowest BCUT2D eigenvalue weighted by molar-refractivity contribution is 1.05. The van der Waals surface area contributed by atoms with Crippen LogP contribution in [-0.2, 0) is 0 Å². The number of allylic oxidation sites excluding steroid dienone is 4. The van der Waals surface area contributed by atoms with E-state index in [9.17, 15) is 0 Å². The summed E-state index contributed by atoms with van der Waals surface area (Å²) in [6, 6.07) is 0. The summed E-state index contributed by atoms with van der Waals surface area (Å²) >= 11 is 0. The van der Waals surface area contributed by atoms with Gasteiger partial charge in [0.25, 0.3) is 0 Å². The molecular weight excluding hydrogens is 144 g/mol. The molecule has 0 radical (unpaired) electrons. The molecule has 0 aromatic carbocycles. The fourth-order valence-corrected chi connectivity index (χ4v) is 0.526. The van der Waals surface area contributed by atoms with E-state index >= 15 is 0 Å². The second-order valence-corrected chi connectivity index (χ2v) is 1.72. The molecule has 74 valence electrons. The molecule has 0 heterocycles. The average molecular weight is 170 g/mol. The van der Waals surface area contributed by atoms with Crippen LogP contribution in [0.2, 0.25) is 0 Å². The maximum Gasteiger partial charge on any atom is -0.0316 e. The predicted molar refractivity (Wildman–Crippen MR) is 61.6 cm³/mol. The van der Waals surface area contributed by atoms with Gasteiger partial charge in [0.15, 0.2) is 0 Å². The molecule has 0 nitrogen and oxygen atoms in total. The molecule has 0 aliphatic heterocycles. The highest BCUT2D eigenvalue weighted by Crippen LogP contribution is 1.90. The Labute approximate surface area is 79.4 Å². The van der Waals surface area contributed by atoms with Gasteiger partial charge >= 0.3 is 0 Å². The Morgan fingerprint density at radius 1 is 0.667 bits per heavy atom. The molecule has 0 aromatic heterocycles. The van der Waals surface area contributed by atoms with Crippen molar-refractivity contribution in [3.05, 3.63) is 24.3 Å². The summed E-state index contributed by atoms with van der Waals surface area (Å²) in [5.41, 5.74) is 0. The first-order valence-corrected chi connectivity index (χ1v) is 5.14. The van der Waals surface area contributed by atoms with Crippen LogP contribution in [0.15, 0.2) is 24.3 Å². The number of rotatable bonds is 3. The van der Waals surface area contributed by atoms with Crippen LogP contribution in [0.1, 0.15) is 54.4 Å². The minimum Gasteiger partial charge on any atom is -0.0917 e. The van der Waals surface area contributed by atoms with E-state index in [1.807, 2.05) is 27.7 Å². The summed E-state index contributed by atoms with van der Waals surface area (Å²) in [5.74, 6) is 0. The molecule has 0 bridgehead atoms. The minimum atomic E-state index is 1.18. The third-order valence-electron chi connectivity index (χ3n) is 0.971. The minimum absolute atomic E-state index is 1.18. The van der Waals surface area contributed by atoms with Crippen molar-refractivity contribution in [1.29, 1.82) is 0 Å². The Bertz CT molecular complexity index is 66.0. The summed E-state index contributed by atoms with van der Waals surface area (Å²) < 4.78 is 0. The zero-order chi connectivity index (χ0) is 10.2. The van der Waals surface area contributed by atoms with Crippen LogP contribution in [0, 0.1) is 0 Å². The molecular formula is C12H26. The van der Waals surface area contributed by atoms with E-state index in [2.05, 4.69) is 38.2 Å². The van der Waals surface area contributed by atoms with Crippen molar-refractivity contribution in [2.75, 3.05) is 0 Å². The van der Waals surface area contributed by atoms with Gasteiger partial charge in [-0.2, -0.15) is 0 Å². The van der Waals surface area contributed by atoms with Crippen LogP contribution < -0.4 is 0 Å². The maximum absolute atomic E-state index is 2.18.